The first-order valence-corrected chi connectivity index (χ1v) is 6.76. The summed E-state index contributed by atoms with van der Waals surface area (Å²) in [4.78, 5) is 2.70. The molecule has 0 radical (unpaired) electrons. The van der Waals surface area contributed by atoms with Gasteiger partial charge in [-0.15, -0.1) is 0 Å². The van der Waals surface area contributed by atoms with Crippen LogP contribution in [0.5, 0.6) is 0 Å². The Morgan fingerprint density at radius 1 is 1.38 bits per heavy atom. The molecule has 0 aromatic rings. The van der Waals surface area contributed by atoms with Crippen LogP contribution in [0.15, 0.2) is 0 Å². The van der Waals surface area contributed by atoms with Crippen LogP contribution < -0.4 is 5.32 Å². The zero-order valence-electron chi connectivity index (χ0n) is 10.8. The highest BCUT2D eigenvalue weighted by molar-refractivity contribution is 4.86. The number of hydrogen-bond acceptors (Lipinski definition) is 3. The fourth-order valence-corrected chi connectivity index (χ4v) is 2.93. The highest BCUT2D eigenvalue weighted by atomic mass is 16.5. The highest BCUT2D eigenvalue weighted by Crippen LogP contribution is 2.31. The van der Waals surface area contributed by atoms with E-state index in [1.165, 1.54) is 38.9 Å². The van der Waals surface area contributed by atoms with E-state index < -0.39 is 0 Å². The Bertz CT molecular complexity index is 214. The van der Waals surface area contributed by atoms with E-state index in [1.54, 1.807) is 0 Å². The Morgan fingerprint density at radius 2 is 2.12 bits per heavy atom. The summed E-state index contributed by atoms with van der Waals surface area (Å²) in [5.41, 5.74) is 0.489. The van der Waals surface area contributed by atoms with E-state index in [9.17, 15) is 0 Å². The van der Waals surface area contributed by atoms with Crippen molar-refractivity contribution in [3.8, 4) is 0 Å². The van der Waals surface area contributed by atoms with Gasteiger partial charge in [-0.3, -0.25) is 4.90 Å². The summed E-state index contributed by atoms with van der Waals surface area (Å²) in [7, 11) is 0. The van der Waals surface area contributed by atoms with Gasteiger partial charge in [0, 0.05) is 45.4 Å². The van der Waals surface area contributed by atoms with Crippen LogP contribution in [0.25, 0.3) is 0 Å². The SMILES string of the molecule is CCC1CNCCN1CC1(C)CCOCC1. The molecule has 3 nitrogen and oxygen atoms in total. The standard InChI is InChI=1S/C13H26N2O/c1-3-12-10-14-6-7-15(12)11-13(2)4-8-16-9-5-13/h12,14H,3-11H2,1-2H3. The minimum atomic E-state index is 0.489. The molecule has 0 bridgehead atoms. The lowest BCUT2D eigenvalue weighted by Crippen LogP contribution is -2.54. The van der Waals surface area contributed by atoms with Crippen molar-refractivity contribution in [1.29, 1.82) is 0 Å². The van der Waals surface area contributed by atoms with Gasteiger partial charge in [-0.05, 0) is 24.7 Å². The van der Waals surface area contributed by atoms with Gasteiger partial charge in [0.05, 0.1) is 0 Å². The lowest BCUT2D eigenvalue weighted by atomic mass is 9.81. The molecule has 0 aromatic carbocycles. The minimum Gasteiger partial charge on any atom is -0.381 e. The third kappa shape index (κ3) is 2.96. The lowest BCUT2D eigenvalue weighted by molar-refractivity contribution is -0.00664. The molecular weight excluding hydrogens is 200 g/mol. The molecule has 2 fully saturated rings. The Labute approximate surface area is 99.5 Å². The van der Waals surface area contributed by atoms with Crippen LogP contribution >= 0.6 is 0 Å². The van der Waals surface area contributed by atoms with Gasteiger partial charge in [0.15, 0.2) is 0 Å². The van der Waals surface area contributed by atoms with E-state index in [4.69, 9.17) is 4.74 Å². The van der Waals surface area contributed by atoms with Crippen molar-refractivity contribution in [3.05, 3.63) is 0 Å². The van der Waals surface area contributed by atoms with Crippen LogP contribution in [0.4, 0.5) is 0 Å². The van der Waals surface area contributed by atoms with Gasteiger partial charge in [0.1, 0.15) is 0 Å². The second kappa shape index (κ2) is 5.48. The Balaban J connectivity index is 1.90. The van der Waals surface area contributed by atoms with Crippen molar-refractivity contribution in [1.82, 2.24) is 10.2 Å². The molecule has 0 amide bonds. The van der Waals surface area contributed by atoms with E-state index in [0.717, 1.165) is 25.8 Å². The average Bonchev–Trinajstić information content (AvgIpc) is 2.30. The predicted molar refractivity (Wildman–Crippen MR) is 66.7 cm³/mol. The average molecular weight is 226 g/mol. The molecule has 2 heterocycles. The predicted octanol–water partition coefficient (Wildman–Crippen LogP) is 1.49. The largest absolute Gasteiger partial charge is 0.381 e. The van der Waals surface area contributed by atoms with Crippen LogP contribution in [-0.2, 0) is 4.74 Å². The number of ether oxygens (including phenoxy) is 1. The van der Waals surface area contributed by atoms with Gasteiger partial charge < -0.3 is 10.1 Å². The molecule has 1 unspecified atom stereocenters. The maximum Gasteiger partial charge on any atom is 0.0471 e. The van der Waals surface area contributed by atoms with E-state index in [0.29, 0.717) is 5.41 Å². The number of nitrogens with one attached hydrogen (secondary N) is 1. The maximum absolute atomic E-state index is 5.48. The molecule has 2 saturated heterocycles. The smallest absolute Gasteiger partial charge is 0.0471 e. The number of piperazine rings is 1. The van der Waals surface area contributed by atoms with Gasteiger partial charge in [0.25, 0.3) is 0 Å². The summed E-state index contributed by atoms with van der Waals surface area (Å²) in [6.07, 6.45) is 3.72. The zero-order chi connectivity index (χ0) is 11.4. The second-order valence-corrected chi connectivity index (χ2v) is 5.66. The van der Waals surface area contributed by atoms with Gasteiger partial charge >= 0.3 is 0 Å². The molecule has 0 aromatic heterocycles. The molecule has 16 heavy (non-hydrogen) atoms. The van der Waals surface area contributed by atoms with Crippen molar-refractivity contribution in [3.63, 3.8) is 0 Å². The van der Waals surface area contributed by atoms with E-state index in [1.807, 2.05) is 0 Å². The molecule has 0 saturated carbocycles. The molecular formula is C13H26N2O. The quantitative estimate of drug-likeness (QED) is 0.789. The Morgan fingerprint density at radius 3 is 2.81 bits per heavy atom. The highest BCUT2D eigenvalue weighted by Gasteiger charge is 2.32. The molecule has 1 N–H and O–H groups in total. The Hall–Kier alpha value is -0.120. The molecule has 2 aliphatic heterocycles. The topological polar surface area (TPSA) is 24.5 Å². The van der Waals surface area contributed by atoms with Crippen molar-refractivity contribution in [2.75, 3.05) is 39.4 Å². The van der Waals surface area contributed by atoms with Gasteiger partial charge in [0.2, 0.25) is 0 Å². The molecule has 2 aliphatic rings. The summed E-state index contributed by atoms with van der Waals surface area (Å²) < 4.78 is 5.48. The van der Waals surface area contributed by atoms with Gasteiger partial charge in [-0.1, -0.05) is 13.8 Å². The van der Waals surface area contributed by atoms with Crippen LogP contribution in [0.2, 0.25) is 0 Å². The summed E-state index contributed by atoms with van der Waals surface area (Å²) in [5, 5.41) is 3.50. The summed E-state index contributed by atoms with van der Waals surface area (Å²) in [6, 6.07) is 0.744. The zero-order valence-corrected chi connectivity index (χ0v) is 10.8. The van der Waals surface area contributed by atoms with Gasteiger partial charge in [-0.25, -0.2) is 0 Å². The molecule has 1 atom stereocenters. The number of rotatable bonds is 3. The third-order valence-corrected chi connectivity index (χ3v) is 4.23. The first kappa shape index (κ1) is 12.3. The second-order valence-electron chi connectivity index (χ2n) is 5.66. The minimum absolute atomic E-state index is 0.489. The molecule has 0 spiro atoms. The monoisotopic (exact) mass is 226 g/mol. The van der Waals surface area contributed by atoms with Crippen molar-refractivity contribution < 1.29 is 4.74 Å². The first-order chi connectivity index (χ1) is 7.73. The molecule has 3 heteroatoms. The van der Waals surface area contributed by atoms with E-state index in [-0.39, 0.29) is 0 Å². The Kier molecular flexibility index (Phi) is 4.22. The fourth-order valence-electron chi connectivity index (χ4n) is 2.93. The summed E-state index contributed by atoms with van der Waals surface area (Å²) >= 11 is 0. The van der Waals surface area contributed by atoms with E-state index in [2.05, 4.69) is 24.1 Å². The number of nitrogens with zero attached hydrogens (tertiary/aromatic N) is 1. The summed E-state index contributed by atoms with van der Waals surface area (Å²) in [5.74, 6) is 0. The maximum atomic E-state index is 5.48. The van der Waals surface area contributed by atoms with Crippen molar-refractivity contribution >= 4 is 0 Å². The van der Waals surface area contributed by atoms with Crippen LogP contribution in [0.3, 0.4) is 0 Å². The lowest BCUT2D eigenvalue weighted by Gasteiger charge is -2.43. The van der Waals surface area contributed by atoms with Gasteiger partial charge in [-0.2, -0.15) is 0 Å². The fraction of sp³-hybridized carbons (Fsp3) is 1.00. The third-order valence-electron chi connectivity index (χ3n) is 4.23. The number of hydrogen-bond donors (Lipinski definition) is 1. The first-order valence-electron chi connectivity index (χ1n) is 6.76. The van der Waals surface area contributed by atoms with Crippen LogP contribution in [-0.4, -0.2) is 50.3 Å². The molecule has 94 valence electrons. The van der Waals surface area contributed by atoms with Crippen molar-refractivity contribution in [2.24, 2.45) is 5.41 Å². The van der Waals surface area contributed by atoms with Crippen LogP contribution in [0, 0.1) is 5.41 Å². The normalized spacial score (nSPS) is 31.5. The van der Waals surface area contributed by atoms with Crippen LogP contribution in [0.1, 0.15) is 33.1 Å². The summed E-state index contributed by atoms with van der Waals surface area (Å²) in [6.45, 7) is 11.5. The van der Waals surface area contributed by atoms with Crippen molar-refractivity contribution in [2.45, 2.75) is 39.2 Å². The molecule has 2 rings (SSSR count). The van der Waals surface area contributed by atoms with E-state index >= 15 is 0 Å². The molecule has 0 aliphatic carbocycles.